The fourth-order valence-electron chi connectivity index (χ4n) is 1.76. The van der Waals surface area contributed by atoms with Crippen LogP contribution >= 0.6 is 0 Å². The number of carboxylic acids is 1. The molecule has 2 heterocycles. The van der Waals surface area contributed by atoms with Gasteiger partial charge < -0.3 is 14.8 Å². The van der Waals surface area contributed by atoms with Crippen LogP contribution < -0.4 is 5.32 Å². The second-order valence-corrected chi connectivity index (χ2v) is 4.15. The van der Waals surface area contributed by atoms with Crippen molar-refractivity contribution >= 4 is 11.7 Å². The van der Waals surface area contributed by atoms with Gasteiger partial charge in [0.2, 0.25) is 5.76 Å². The molecule has 0 saturated heterocycles. The SMILES string of the molecule is Cc1nn(C)cc1NCc1cc(C(=O)O)oc1C. The molecule has 6 heteroatoms. The van der Waals surface area contributed by atoms with E-state index in [-0.39, 0.29) is 5.76 Å². The summed E-state index contributed by atoms with van der Waals surface area (Å²) >= 11 is 0. The molecule has 0 aliphatic heterocycles. The van der Waals surface area contributed by atoms with Crippen LogP contribution in [0.4, 0.5) is 5.69 Å². The molecule has 2 aromatic rings. The summed E-state index contributed by atoms with van der Waals surface area (Å²) in [6, 6.07) is 1.54. The maximum absolute atomic E-state index is 10.8. The van der Waals surface area contributed by atoms with Crippen LogP contribution in [0.2, 0.25) is 0 Å². The number of hydrogen-bond donors (Lipinski definition) is 2. The molecule has 0 amide bonds. The third kappa shape index (κ3) is 2.37. The Morgan fingerprint density at radius 2 is 2.28 bits per heavy atom. The van der Waals surface area contributed by atoms with Crippen molar-refractivity contribution in [2.75, 3.05) is 5.32 Å². The topological polar surface area (TPSA) is 80.3 Å². The zero-order valence-electron chi connectivity index (χ0n) is 10.5. The largest absolute Gasteiger partial charge is 0.475 e. The van der Waals surface area contributed by atoms with Crippen LogP contribution in [0.25, 0.3) is 0 Å². The normalized spacial score (nSPS) is 10.6. The van der Waals surface area contributed by atoms with Crippen molar-refractivity contribution in [3.63, 3.8) is 0 Å². The molecule has 0 aliphatic carbocycles. The third-order valence-electron chi connectivity index (χ3n) is 2.71. The molecule has 0 aromatic carbocycles. The maximum atomic E-state index is 10.8. The van der Waals surface area contributed by atoms with E-state index in [2.05, 4.69) is 10.4 Å². The molecule has 0 bridgehead atoms. The van der Waals surface area contributed by atoms with E-state index >= 15 is 0 Å². The second-order valence-electron chi connectivity index (χ2n) is 4.15. The number of nitrogens with one attached hydrogen (secondary N) is 1. The number of anilines is 1. The molecule has 96 valence electrons. The van der Waals surface area contributed by atoms with Crippen molar-refractivity contribution in [1.29, 1.82) is 0 Å². The van der Waals surface area contributed by atoms with E-state index in [1.807, 2.05) is 20.2 Å². The lowest BCUT2D eigenvalue weighted by Gasteiger charge is -2.02. The first-order valence-corrected chi connectivity index (χ1v) is 5.54. The molecular formula is C12H15N3O3. The molecular weight excluding hydrogens is 234 g/mol. The van der Waals surface area contributed by atoms with Crippen molar-refractivity contribution in [3.05, 3.63) is 35.0 Å². The number of nitrogens with zero attached hydrogens (tertiary/aromatic N) is 2. The van der Waals surface area contributed by atoms with Crippen LogP contribution in [0.1, 0.15) is 27.6 Å². The molecule has 0 fully saturated rings. The minimum Gasteiger partial charge on any atom is -0.475 e. The highest BCUT2D eigenvalue weighted by Gasteiger charge is 2.13. The Morgan fingerprint density at radius 3 is 2.78 bits per heavy atom. The van der Waals surface area contributed by atoms with Gasteiger partial charge in [-0.25, -0.2) is 4.79 Å². The van der Waals surface area contributed by atoms with E-state index in [0.29, 0.717) is 12.3 Å². The molecule has 0 spiro atoms. The summed E-state index contributed by atoms with van der Waals surface area (Å²) in [7, 11) is 1.85. The van der Waals surface area contributed by atoms with Gasteiger partial charge in [-0.05, 0) is 19.9 Å². The van der Waals surface area contributed by atoms with Crippen molar-refractivity contribution in [3.8, 4) is 0 Å². The zero-order chi connectivity index (χ0) is 13.3. The van der Waals surface area contributed by atoms with Crippen LogP contribution in [0, 0.1) is 13.8 Å². The Hall–Kier alpha value is -2.24. The molecule has 2 N–H and O–H groups in total. The average molecular weight is 249 g/mol. The predicted molar refractivity (Wildman–Crippen MR) is 65.7 cm³/mol. The van der Waals surface area contributed by atoms with E-state index in [1.54, 1.807) is 11.6 Å². The highest BCUT2D eigenvalue weighted by atomic mass is 16.4. The Bertz CT molecular complexity index is 583. The molecule has 0 atom stereocenters. The van der Waals surface area contributed by atoms with E-state index in [9.17, 15) is 4.79 Å². The van der Waals surface area contributed by atoms with E-state index < -0.39 is 5.97 Å². The van der Waals surface area contributed by atoms with Crippen LogP contribution in [-0.2, 0) is 13.6 Å². The number of aromatic nitrogens is 2. The molecule has 2 rings (SSSR count). The number of aryl methyl sites for hydroxylation is 3. The number of furan rings is 1. The van der Waals surface area contributed by atoms with Gasteiger partial charge in [0, 0.05) is 25.4 Å². The number of aromatic carboxylic acids is 1. The summed E-state index contributed by atoms with van der Waals surface area (Å²) in [6.07, 6.45) is 1.88. The first-order valence-electron chi connectivity index (χ1n) is 5.54. The molecule has 0 radical (unpaired) electrons. The lowest BCUT2D eigenvalue weighted by atomic mass is 10.2. The van der Waals surface area contributed by atoms with Gasteiger partial charge in [-0.15, -0.1) is 0 Å². The fourth-order valence-corrected chi connectivity index (χ4v) is 1.76. The van der Waals surface area contributed by atoms with E-state index in [0.717, 1.165) is 16.9 Å². The monoisotopic (exact) mass is 249 g/mol. The lowest BCUT2D eigenvalue weighted by Crippen LogP contribution is -2.00. The van der Waals surface area contributed by atoms with E-state index in [1.165, 1.54) is 6.07 Å². The Morgan fingerprint density at radius 1 is 1.56 bits per heavy atom. The molecule has 18 heavy (non-hydrogen) atoms. The summed E-state index contributed by atoms with van der Waals surface area (Å²) in [4.78, 5) is 10.8. The highest BCUT2D eigenvalue weighted by molar-refractivity contribution is 5.84. The lowest BCUT2D eigenvalue weighted by molar-refractivity contribution is 0.0661. The molecule has 0 saturated carbocycles. The smallest absolute Gasteiger partial charge is 0.371 e. The first kappa shape index (κ1) is 12.2. The summed E-state index contributed by atoms with van der Waals surface area (Å²) in [5.41, 5.74) is 2.66. The van der Waals surface area contributed by atoms with Gasteiger partial charge in [0.15, 0.2) is 0 Å². The molecule has 6 nitrogen and oxygen atoms in total. The molecule has 2 aromatic heterocycles. The van der Waals surface area contributed by atoms with Gasteiger partial charge in [0.05, 0.1) is 11.4 Å². The summed E-state index contributed by atoms with van der Waals surface area (Å²) in [5.74, 6) is -0.476. The van der Waals surface area contributed by atoms with Crippen LogP contribution in [0.3, 0.4) is 0 Å². The molecule has 0 aliphatic rings. The standard InChI is InChI=1S/C12H15N3O3/c1-7-10(6-15(3)14-7)13-5-9-4-11(12(16)17)18-8(9)2/h4,6,13H,5H2,1-3H3,(H,16,17). The minimum atomic E-state index is -1.05. The van der Waals surface area contributed by atoms with Gasteiger partial charge in [0.1, 0.15) is 5.76 Å². The fraction of sp³-hybridized carbons (Fsp3) is 0.333. The number of carbonyl (C=O) groups is 1. The van der Waals surface area contributed by atoms with Crippen LogP contribution in [-0.4, -0.2) is 20.9 Å². The zero-order valence-corrected chi connectivity index (χ0v) is 10.5. The van der Waals surface area contributed by atoms with Gasteiger partial charge in [-0.3, -0.25) is 4.68 Å². The van der Waals surface area contributed by atoms with Crippen molar-refractivity contribution in [1.82, 2.24) is 9.78 Å². The van der Waals surface area contributed by atoms with Crippen molar-refractivity contribution < 1.29 is 14.3 Å². The van der Waals surface area contributed by atoms with Gasteiger partial charge >= 0.3 is 5.97 Å². The quantitative estimate of drug-likeness (QED) is 0.865. The van der Waals surface area contributed by atoms with Gasteiger partial charge in [-0.1, -0.05) is 0 Å². The Labute approximate surface area is 104 Å². The van der Waals surface area contributed by atoms with Crippen molar-refractivity contribution in [2.24, 2.45) is 7.05 Å². The van der Waals surface area contributed by atoms with Crippen molar-refractivity contribution in [2.45, 2.75) is 20.4 Å². The van der Waals surface area contributed by atoms with Gasteiger partial charge in [0.25, 0.3) is 0 Å². The maximum Gasteiger partial charge on any atom is 0.371 e. The summed E-state index contributed by atoms with van der Waals surface area (Å²) in [6.45, 7) is 4.17. The molecule has 0 unspecified atom stereocenters. The van der Waals surface area contributed by atoms with Crippen LogP contribution in [0.15, 0.2) is 16.7 Å². The van der Waals surface area contributed by atoms with E-state index in [4.69, 9.17) is 9.52 Å². The summed E-state index contributed by atoms with van der Waals surface area (Å²) in [5, 5.41) is 16.3. The highest BCUT2D eigenvalue weighted by Crippen LogP contribution is 2.18. The number of hydrogen-bond acceptors (Lipinski definition) is 4. The first-order chi connectivity index (χ1) is 8.47. The van der Waals surface area contributed by atoms with Crippen LogP contribution in [0.5, 0.6) is 0 Å². The Balaban J connectivity index is 2.10. The summed E-state index contributed by atoms with van der Waals surface area (Å²) < 4.78 is 6.86. The third-order valence-corrected chi connectivity index (χ3v) is 2.71. The average Bonchev–Trinajstić information content (AvgIpc) is 2.79. The Kier molecular flexibility index (Phi) is 3.10. The van der Waals surface area contributed by atoms with Gasteiger partial charge in [-0.2, -0.15) is 5.10 Å². The predicted octanol–water partition coefficient (Wildman–Crippen LogP) is 1.94. The number of carboxylic acid groups (broad SMARTS) is 1. The number of rotatable bonds is 4. The minimum absolute atomic E-state index is 0.0350. The second kappa shape index (κ2) is 4.56.